The second-order valence-corrected chi connectivity index (χ2v) is 4.02. The first-order chi connectivity index (χ1) is 6.86. The van der Waals surface area contributed by atoms with E-state index in [4.69, 9.17) is 4.84 Å². The third kappa shape index (κ3) is 0.997. The van der Waals surface area contributed by atoms with Crippen LogP contribution in [-0.2, 0) is 11.9 Å². The second kappa shape index (κ2) is 2.83. The van der Waals surface area contributed by atoms with Gasteiger partial charge in [-0.1, -0.05) is 5.16 Å². The fourth-order valence-electron chi connectivity index (χ4n) is 2.38. The summed E-state index contributed by atoms with van der Waals surface area (Å²) < 4.78 is 2.00. The summed E-state index contributed by atoms with van der Waals surface area (Å²) in [6.07, 6.45) is 7.65. The number of fused-ring (bicyclic) bond motifs is 1. The first-order valence-electron chi connectivity index (χ1n) is 5.07. The van der Waals surface area contributed by atoms with Crippen molar-refractivity contribution in [1.82, 2.24) is 9.55 Å². The van der Waals surface area contributed by atoms with Crippen molar-refractivity contribution in [3.63, 3.8) is 0 Å². The van der Waals surface area contributed by atoms with Crippen LogP contribution in [0.5, 0.6) is 0 Å². The van der Waals surface area contributed by atoms with E-state index in [1.54, 1.807) is 6.20 Å². The molecule has 74 valence electrons. The van der Waals surface area contributed by atoms with E-state index in [-0.39, 0.29) is 0 Å². The third-order valence-corrected chi connectivity index (χ3v) is 3.14. The van der Waals surface area contributed by atoms with Crippen LogP contribution in [-0.4, -0.2) is 21.4 Å². The fourth-order valence-corrected chi connectivity index (χ4v) is 2.38. The molecular formula is C10H13N3O. The van der Waals surface area contributed by atoms with Crippen molar-refractivity contribution in [3.8, 4) is 0 Å². The molecule has 0 amide bonds. The van der Waals surface area contributed by atoms with Crippen molar-refractivity contribution in [2.75, 3.05) is 0 Å². The number of imidazole rings is 1. The zero-order chi connectivity index (χ0) is 9.54. The van der Waals surface area contributed by atoms with E-state index in [1.807, 2.05) is 17.8 Å². The zero-order valence-electron chi connectivity index (χ0n) is 8.18. The fraction of sp³-hybridized carbons (Fsp3) is 0.600. The van der Waals surface area contributed by atoms with Crippen molar-refractivity contribution < 1.29 is 4.84 Å². The molecule has 1 aliphatic carbocycles. The van der Waals surface area contributed by atoms with Crippen LogP contribution in [0, 0.1) is 5.92 Å². The van der Waals surface area contributed by atoms with Crippen LogP contribution in [0.4, 0.5) is 0 Å². The average molecular weight is 191 g/mol. The van der Waals surface area contributed by atoms with Gasteiger partial charge in [-0.05, 0) is 19.3 Å². The normalized spacial score (nSPS) is 29.9. The molecule has 1 aliphatic heterocycles. The Balaban J connectivity index is 1.96. The summed E-state index contributed by atoms with van der Waals surface area (Å²) in [7, 11) is 1.99. The van der Waals surface area contributed by atoms with E-state index >= 15 is 0 Å². The summed E-state index contributed by atoms with van der Waals surface area (Å²) in [5.41, 5.74) is 1.04. The molecule has 4 nitrogen and oxygen atoms in total. The van der Waals surface area contributed by atoms with Gasteiger partial charge in [-0.25, -0.2) is 4.98 Å². The second-order valence-electron chi connectivity index (χ2n) is 4.02. The molecule has 2 heterocycles. The van der Waals surface area contributed by atoms with Gasteiger partial charge in [0, 0.05) is 25.4 Å². The van der Waals surface area contributed by atoms with Crippen LogP contribution in [0.2, 0.25) is 0 Å². The lowest BCUT2D eigenvalue weighted by molar-refractivity contribution is 0.0746. The van der Waals surface area contributed by atoms with Gasteiger partial charge in [0.25, 0.3) is 0 Å². The lowest BCUT2D eigenvalue weighted by atomic mass is 10.00. The van der Waals surface area contributed by atoms with Gasteiger partial charge in [0.15, 0.2) is 5.82 Å². The summed E-state index contributed by atoms with van der Waals surface area (Å²) >= 11 is 0. The van der Waals surface area contributed by atoms with Crippen LogP contribution in [0.25, 0.3) is 0 Å². The zero-order valence-corrected chi connectivity index (χ0v) is 8.18. The maximum atomic E-state index is 5.40. The maximum Gasteiger partial charge on any atom is 0.157 e. The predicted octanol–water partition coefficient (Wildman–Crippen LogP) is 1.32. The predicted molar refractivity (Wildman–Crippen MR) is 52.0 cm³/mol. The number of nitrogens with zero attached hydrogens (tertiary/aromatic N) is 3. The molecule has 2 atom stereocenters. The number of rotatable bonds is 1. The van der Waals surface area contributed by atoms with Crippen LogP contribution >= 0.6 is 0 Å². The van der Waals surface area contributed by atoms with Crippen LogP contribution in [0.15, 0.2) is 17.5 Å². The van der Waals surface area contributed by atoms with Gasteiger partial charge in [0.05, 0.1) is 0 Å². The van der Waals surface area contributed by atoms with Gasteiger partial charge in [-0.15, -0.1) is 0 Å². The van der Waals surface area contributed by atoms with Gasteiger partial charge >= 0.3 is 0 Å². The summed E-state index contributed by atoms with van der Waals surface area (Å²) in [4.78, 5) is 9.71. The molecule has 0 bridgehead atoms. The lowest BCUT2D eigenvalue weighted by Gasteiger charge is -2.07. The molecule has 0 aromatic carbocycles. The Labute approximate surface area is 82.6 Å². The van der Waals surface area contributed by atoms with Gasteiger partial charge in [-0.2, -0.15) is 0 Å². The summed E-state index contributed by atoms with van der Waals surface area (Å²) in [5.74, 6) is 1.44. The Morgan fingerprint density at radius 2 is 2.43 bits per heavy atom. The highest BCUT2D eigenvalue weighted by molar-refractivity contribution is 6.00. The Kier molecular flexibility index (Phi) is 1.63. The molecule has 1 saturated carbocycles. The number of hydrogen-bond donors (Lipinski definition) is 0. The van der Waals surface area contributed by atoms with Gasteiger partial charge in [-0.3, -0.25) is 0 Å². The van der Waals surface area contributed by atoms with E-state index in [9.17, 15) is 0 Å². The van der Waals surface area contributed by atoms with Gasteiger partial charge in [0.2, 0.25) is 0 Å². The topological polar surface area (TPSA) is 39.4 Å². The summed E-state index contributed by atoms with van der Waals surface area (Å²) in [6.45, 7) is 0. The van der Waals surface area contributed by atoms with Crippen molar-refractivity contribution in [1.29, 1.82) is 0 Å². The van der Waals surface area contributed by atoms with Crippen molar-refractivity contribution >= 4 is 5.71 Å². The SMILES string of the molecule is Cn1ccnc1C1=NOC2CCCC12. The highest BCUT2D eigenvalue weighted by Gasteiger charge is 2.39. The number of aryl methyl sites for hydroxylation is 1. The number of oxime groups is 1. The van der Waals surface area contributed by atoms with Crippen LogP contribution in [0.1, 0.15) is 25.1 Å². The first-order valence-corrected chi connectivity index (χ1v) is 5.07. The molecule has 1 aromatic heterocycles. The largest absolute Gasteiger partial charge is 0.391 e. The molecule has 4 heteroatoms. The third-order valence-electron chi connectivity index (χ3n) is 3.14. The Morgan fingerprint density at radius 1 is 1.50 bits per heavy atom. The Hall–Kier alpha value is -1.32. The molecule has 3 rings (SSSR count). The quantitative estimate of drug-likeness (QED) is 0.671. The molecule has 1 fully saturated rings. The summed E-state index contributed by atoms with van der Waals surface area (Å²) in [5, 5.41) is 4.16. The van der Waals surface area contributed by atoms with Crippen molar-refractivity contribution in [2.45, 2.75) is 25.4 Å². The van der Waals surface area contributed by atoms with E-state index in [1.165, 1.54) is 12.8 Å². The van der Waals surface area contributed by atoms with E-state index in [0.717, 1.165) is 18.0 Å². The van der Waals surface area contributed by atoms with E-state index in [0.29, 0.717) is 12.0 Å². The minimum absolute atomic E-state index is 0.321. The minimum atomic E-state index is 0.321. The standard InChI is InChI=1S/C10H13N3O/c1-13-6-5-11-10(13)9-7-3-2-4-8(7)14-12-9/h5-8H,2-4H2,1H3. The Bertz CT molecular complexity index is 382. The maximum absolute atomic E-state index is 5.40. The van der Waals surface area contributed by atoms with Crippen molar-refractivity contribution in [2.24, 2.45) is 18.1 Å². The Morgan fingerprint density at radius 3 is 3.21 bits per heavy atom. The molecular weight excluding hydrogens is 178 g/mol. The molecule has 0 N–H and O–H groups in total. The molecule has 0 spiro atoms. The molecule has 1 aromatic rings. The number of aromatic nitrogens is 2. The average Bonchev–Trinajstić information content (AvgIpc) is 2.78. The molecule has 14 heavy (non-hydrogen) atoms. The van der Waals surface area contributed by atoms with E-state index < -0.39 is 0 Å². The lowest BCUT2D eigenvalue weighted by Crippen LogP contribution is -2.20. The molecule has 2 aliphatic rings. The smallest absolute Gasteiger partial charge is 0.157 e. The van der Waals surface area contributed by atoms with Gasteiger partial charge < -0.3 is 9.40 Å². The first kappa shape index (κ1) is 8.03. The molecule has 0 saturated heterocycles. The van der Waals surface area contributed by atoms with Gasteiger partial charge in [0.1, 0.15) is 11.8 Å². The molecule has 2 unspecified atom stereocenters. The highest BCUT2D eigenvalue weighted by atomic mass is 16.6. The molecule has 0 radical (unpaired) electrons. The summed E-state index contributed by atoms with van der Waals surface area (Å²) in [6, 6.07) is 0. The minimum Gasteiger partial charge on any atom is -0.391 e. The van der Waals surface area contributed by atoms with Crippen molar-refractivity contribution in [3.05, 3.63) is 18.2 Å². The monoisotopic (exact) mass is 191 g/mol. The van der Waals surface area contributed by atoms with E-state index in [2.05, 4.69) is 10.1 Å². The highest BCUT2D eigenvalue weighted by Crippen LogP contribution is 2.35. The van der Waals surface area contributed by atoms with Crippen LogP contribution < -0.4 is 0 Å². The number of hydrogen-bond acceptors (Lipinski definition) is 3. The van der Waals surface area contributed by atoms with Crippen LogP contribution in [0.3, 0.4) is 0 Å².